The minimum Gasteiger partial charge on any atom is -0.493 e. The summed E-state index contributed by atoms with van der Waals surface area (Å²) in [5.74, 6) is 2.14. The number of nitriles is 1. The number of nitrogens with one attached hydrogen (secondary N) is 1. The van der Waals surface area contributed by atoms with E-state index in [2.05, 4.69) is 16.6 Å². The van der Waals surface area contributed by atoms with Gasteiger partial charge in [-0.15, -0.1) is 0 Å². The van der Waals surface area contributed by atoms with Gasteiger partial charge in [-0.05, 0) is 53.1 Å². The molecule has 0 atom stereocenters. The van der Waals surface area contributed by atoms with E-state index in [1.165, 1.54) is 0 Å². The number of hydrazone groups is 1. The zero-order chi connectivity index (χ0) is 21.2. The second-order valence-corrected chi connectivity index (χ2v) is 6.45. The highest BCUT2D eigenvalue weighted by atomic mass is 16.5. The third-order valence-electron chi connectivity index (χ3n) is 4.38. The summed E-state index contributed by atoms with van der Waals surface area (Å²) < 4.78 is 16.4. The molecular weight excluding hydrogens is 378 g/mol. The van der Waals surface area contributed by atoms with E-state index in [1.807, 2.05) is 54.6 Å². The molecule has 0 spiro atoms. The lowest BCUT2D eigenvalue weighted by Crippen LogP contribution is -2.06. The number of ether oxygens (including phenoxy) is 3. The highest BCUT2D eigenvalue weighted by molar-refractivity contribution is 5.79. The summed E-state index contributed by atoms with van der Waals surface area (Å²) in [6, 6.07) is 22.9. The van der Waals surface area contributed by atoms with Gasteiger partial charge in [0, 0.05) is 0 Å². The molecule has 0 aliphatic heterocycles. The third-order valence-corrected chi connectivity index (χ3v) is 4.38. The average molecular weight is 401 g/mol. The van der Waals surface area contributed by atoms with Crippen molar-refractivity contribution in [3.63, 3.8) is 0 Å². The van der Waals surface area contributed by atoms with Gasteiger partial charge in [-0.3, -0.25) is 0 Å². The van der Waals surface area contributed by atoms with Crippen molar-refractivity contribution in [2.75, 3.05) is 14.2 Å². The lowest BCUT2D eigenvalue weighted by Gasteiger charge is -2.09. The first-order valence-corrected chi connectivity index (χ1v) is 9.40. The summed E-state index contributed by atoms with van der Waals surface area (Å²) in [5.41, 5.74) is 6.63. The van der Waals surface area contributed by atoms with Crippen LogP contribution in [0.15, 0.2) is 71.8 Å². The highest BCUT2D eigenvalue weighted by Gasteiger charge is 2.04. The summed E-state index contributed by atoms with van der Waals surface area (Å²) in [6.07, 6.45) is 1.75. The summed E-state index contributed by atoms with van der Waals surface area (Å²) in [5, 5.41) is 13.1. The minimum atomic E-state index is 0.434. The maximum Gasteiger partial charge on any atom is 0.161 e. The van der Waals surface area contributed by atoms with E-state index in [9.17, 15) is 0 Å². The third kappa shape index (κ3) is 5.76. The van der Waals surface area contributed by atoms with Crippen LogP contribution in [0.25, 0.3) is 0 Å². The van der Waals surface area contributed by atoms with Gasteiger partial charge in [0.1, 0.15) is 12.4 Å². The van der Waals surface area contributed by atoms with Crippen LogP contribution in [0.4, 0.5) is 0 Å². The van der Waals surface area contributed by atoms with Crippen molar-refractivity contribution in [2.45, 2.75) is 13.2 Å². The van der Waals surface area contributed by atoms with Crippen molar-refractivity contribution < 1.29 is 14.2 Å². The average Bonchev–Trinajstić information content (AvgIpc) is 2.81. The van der Waals surface area contributed by atoms with E-state index in [0.29, 0.717) is 30.2 Å². The van der Waals surface area contributed by atoms with Crippen LogP contribution in [0.5, 0.6) is 17.2 Å². The van der Waals surface area contributed by atoms with E-state index >= 15 is 0 Å². The number of methoxy groups -OCH3 is 2. The molecule has 3 aromatic carbocycles. The van der Waals surface area contributed by atoms with Gasteiger partial charge < -0.3 is 19.6 Å². The van der Waals surface area contributed by atoms with Crippen LogP contribution in [0.3, 0.4) is 0 Å². The zero-order valence-corrected chi connectivity index (χ0v) is 17.0. The van der Waals surface area contributed by atoms with Crippen LogP contribution in [0.1, 0.15) is 22.3 Å². The molecule has 0 radical (unpaired) electrons. The van der Waals surface area contributed by atoms with Gasteiger partial charge in [-0.2, -0.15) is 10.4 Å². The molecule has 1 N–H and O–H groups in total. The standard InChI is InChI=1S/C24H23N3O3/c1-28-23-11-10-21(13-24(23)29-2)16-27-26-15-20-4-3-5-22(12-20)30-17-19-8-6-18(14-25)7-9-19/h3-13,15,27H,16-17H2,1-2H3/b26-15+. The Morgan fingerprint density at radius 3 is 2.43 bits per heavy atom. The Morgan fingerprint density at radius 2 is 1.70 bits per heavy atom. The largest absolute Gasteiger partial charge is 0.493 e. The molecule has 0 saturated heterocycles. The van der Waals surface area contributed by atoms with Crippen LogP contribution in [0.2, 0.25) is 0 Å². The Bertz CT molecular complexity index is 1040. The SMILES string of the molecule is COc1ccc(CN/N=C/c2cccc(OCc3ccc(C#N)cc3)c2)cc1OC. The van der Waals surface area contributed by atoms with Crippen molar-refractivity contribution in [1.82, 2.24) is 5.43 Å². The van der Waals surface area contributed by atoms with Crippen LogP contribution in [-0.2, 0) is 13.2 Å². The van der Waals surface area contributed by atoms with Crippen molar-refractivity contribution in [2.24, 2.45) is 5.10 Å². The number of hydrogen-bond donors (Lipinski definition) is 1. The number of rotatable bonds is 9. The Hall–Kier alpha value is -3.98. The fourth-order valence-electron chi connectivity index (χ4n) is 2.77. The molecule has 6 nitrogen and oxygen atoms in total. The predicted octanol–water partition coefficient (Wildman–Crippen LogP) is 4.28. The first kappa shape index (κ1) is 20.7. The van der Waals surface area contributed by atoms with Crippen LogP contribution in [0, 0.1) is 11.3 Å². The smallest absolute Gasteiger partial charge is 0.161 e. The van der Waals surface area contributed by atoms with Gasteiger partial charge in [0.2, 0.25) is 0 Å². The molecule has 0 unspecified atom stereocenters. The van der Waals surface area contributed by atoms with E-state index in [1.54, 1.807) is 32.6 Å². The van der Waals surface area contributed by atoms with E-state index in [4.69, 9.17) is 19.5 Å². The maximum absolute atomic E-state index is 8.86. The topological polar surface area (TPSA) is 75.9 Å². The Balaban J connectivity index is 1.53. The molecule has 0 aliphatic carbocycles. The summed E-state index contributed by atoms with van der Waals surface area (Å²) in [4.78, 5) is 0. The van der Waals surface area contributed by atoms with Gasteiger partial charge >= 0.3 is 0 Å². The summed E-state index contributed by atoms with van der Waals surface area (Å²) >= 11 is 0. The van der Waals surface area contributed by atoms with Crippen LogP contribution in [-0.4, -0.2) is 20.4 Å². The molecule has 6 heteroatoms. The van der Waals surface area contributed by atoms with E-state index < -0.39 is 0 Å². The molecule has 0 aliphatic rings. The molecule has 3 rings (SSSR count). The van der Waals surface area contributed by atoms with Gasteiger partial charge in [-0.25, -0.2) is 0 Å². The minimum absolute atomic E-state index is 0.434. The fraction of sp³-hybridized carbons (Fsp3) is 0.167. The predicted molar refractivity (Wildman–Crippen MR) is 116 cm³/mol. The lowest BCUT2D eigenvalue weighted by molar-refractivity contribution is 0.306. The zero-order valence-electron chi connectivity index (χ0n) is 17.0. The van der Waals surface area contributed by atoms with E-state index in [0.717, 1.165) is 22.4 Å². The number of benzene rings is 3. The van der Waals surface area contributed by atoms with Gasteiger partial charge in [-0.1, -0.05) is 30.3 Å². The molecule has 0 amide bonds. The van der Waals surface area contributed by atoms with Crippen molar-refractivity contribution >= 4 is 6.21 Å². The molecule has 30 heavy (non-hydrogen) atoms. The first-order valence-electron chi connectivity index (χ1n) is 9.40. The number of nitrogens with zero attached hydrogens (tertiary/aromatic N) is 2. The van der Waals surface area contributed by atoms with Crippen LogP contribution >= 0.6 is 0 Å². The van der Waals surface area contributed by atoms with Crippen molar-refractivity contribution in [3.8, 4) is 23.3 Å². The molecule has 0 heterocycles. The van der Waals surface area contributed by atoms with Crippen LogP contribution < -0.4 is 19.6 Å². The Kier molecular flexibility index (Phi) is 7.28. The first-order chi connectivity index (χ1) is 14.7. The molecule has 0 bridgehead atoms. The molecule has 3 aromatic rings. The normalized spacial score (nSPS) is 10.4. The highest BCUT2D eigenvalue weighted by Crippen LogP contribution is 2.27. The molecule has 0 saturated carbocycles. The summed E-state index contributed by atoms with van der Waals surface area (Å²) in [6.45, 7) is 0.996. The molecule has 152 valence electrons. The van der Waals surface area contributed by atoms with Crippen molar-refractivity contribution in [1.29, 1.82) is 5.26 Å². The number of hydrogen-bond acceptors (Lipinski definition) is 6. The molecule has 0 fully saturated rings. The maximum atomic E-state index is 8.86. The van der Waals surface area contributed by atoms with E-state index in [-0.39, 0.29) is 0 Å². The monoisotopic (exact) mass is 401 g/mol. The van der Waals surface area contributed by atoms with Gasteiger partial charge in [0.15, 0.2) is 11.5 Å². The second-order valence-electron chi connectivity index (χ2n) is 6.45. The molecular formula is C24H23N3O3. The Morgan fingerprint density at radius 1 is 0.933 bits per heavy atom. The Labute approximate surface area is 176 Å². The van der Waals surface area contributed by atoms with Gasteiger partial charge in [0.25, 0.3) is 0 Å². The quantitative estimate of drug-likeness (QED) is 0.428. The summed E-state index contributed by atoms with van der Waals surface area (Å²) in [7, 11) is 3.23. The lowest BCUT2D eigenvalue weighted by atomic mass is 10.1. The molecule has 0 aromatic heterocycles. The van der Waals surface area contributed by atoms with Gasteiger partial charge in [0.05, 0.1) is 38.6 Å². The fourth-order valence-corrected chi connectivity index (χ4v) is 2.77. The van der Waals surface area contributed by atoms with Crippen molar-refractivity contribution in [3.05, 3.63) is 89.0 Å². The second kappa shape index (κ2) is 10.5.